The summed E-state index contributed by atoms with van der Waals surface area (Å²) in [6.07, 6.45) is 5.28. The predicted molar refractivity (Wildman–Crippen MR) is 109 cm³/mol. The number of fused-ring (bicyclic) bond motifs is 2. The molecule has 1 N–H and O–H groups in total. The van der Waals surface area contributed by atoms with Crippen molar-refractivity contribution in [1.29, 1.82) is 0 Å². The van der Waals surface area contributed by atoms with Crippen LogP contribution in [0.3, 0.4) is 0 Å². The van der Waals surface area contributed by atoms with Crippen LogP contribution in [0.1, 0.15) is 47.1 Å². The van der Waals surface area contributed by atoms with E-state index in [9.17, 15) is 4.79 Å². The Morgan fingerprint density at radius 3 is 2.82 bits per heavy atom. The highest BCUT2D eigenvalue weighted by atomic mass is 16.2. The number of aryl methyl sites for hydroxylation is 1. The Labute approximate surface area is 165 Å². The molecule has 3 aromatic rings. The molecular formula is C22H27N5O. The normalized spacial score (nSPS) is 17.4. The lowest BCUT2D eigenvalue weighted by Gasteiger charge is -2.27. The summed E-state index contributed by atoms with van der Waals surface area (Å²) < 4.78 is 2.04. The van der Waals surface area contributed by atoms with E-state index in [0.717, 1.165) is 64.1 Å². The summed E-state index contributed by atoms with van der Waals surface area (Å²) in [5.74, 6) is 0.120. The first-order valence-electron chi connectivity index (χ1n) is 10.4. The molecule has 1 aromatic carbocycles. The second-order valence-corrected chi connectivity index (χ2v) is 7.91. The van der Waals surface area contributed by atoms with E-state index < -0.39 is 0 Å². The van der Waals surface area contributed by atoms with E-state index in [1.807, 2.05) is 9.58 Å². The molecule has 2 aliphatic heterocycles. The Morgan fingerprint density at radius 2 is 2.00 bits per heavy atom. The van der Waals surface area contributed by atoms with Gasteiger partial charge in [0.2, 0.25) is 0 Å². The van der Waals surface area contributed by atoms with Crippen molar-refractivity contribution in [1.82, 2.24) is 24.6 Å². The van der Waals surface area contributed by atoms with Crippen LogP contribution in [0.2, 0.25) is 0 Å². The average molecular weight is 377 g/mol. The van der Waals surface area contributed by atoms with Crippen molar-refractivity contribution >= 4 is 16.8 Å². The van der Waals surface area contributed by atoms with Gasteiger partial charge >= 0.3 is 0 Å². The number of rotatable bonds is 4. The number of hydrogen-bond donors (Lipinski definition) is 1. The fraction of sp³-hybridized carbons (Fsp3) is 0.455. The van der Waals surface area contributed by atoms with E-state index in [2.05, 4.69) is 47.3 Å². The van der Waals surface area contributed by atoms with Gasteiger partial charge in [-0.2, -0.15) is 5.10 Å². The van der Waals surface area contributed by atoms with Crippen molar-refractivity contribution < 1.29 is 4.79 Å². The minimum atomic E-state index is 0.120. The van der Waals surface area contributed by atoms with Crippen LogP contribution in [0.15, 0.2) is 30.5 Å². The molecule has 1 fully saturated rings. The highest BCUT2D eigenvalue weighted by Crippen LogP contribution is 2.27. The molecule has 0 bridgehead atoms. The summed E-state index contributed by atoms with van der Waals surface area (Å²) in [4.78, 5) is 20.9. The first-order chi connectivity index (χ1) is 13.7. The van der Waals surface area contributed by atoms with E-state index in [1.165, 1.54) is 22.2 Å². The number of nitrogens with one attached hydrogen (secondary N) is 1. The fourth-order valence-electron chi connectivity index (χ4n) is 4.69. The van der Waals surface area contributed by atoms with Gasteiger partial charge in [0.1, 0.15) is 0 Å². The maximum atomic E-state index is 13.1. The highest BCUT2D eigenvalue weighted by Gasteiger charge is 2.31. The van der Waals surface area contributed by atoms with Gasteiger partial charge in [0.15, 0.2) is 5.69 Å². The lowest BCUT2D eigenvalue weighted by Crippen LogP contribution is -2.33. The van der Waals surface area contributed by atoms with E-state index in [4.69, 9.17) is 5.10 Å². The van der Waals surface area contributed by atoms with Gasteiger partial charge in [-0.25, -0.2) is 0 Å². The second-order valence-electron chi connectivity index (χ2n) is 7.91. The standard InChI is InChI=1S/C22H27N5O/c1-2-27-20-9-12-25(14-16-13-23-19-8-4-3-7-17(16)19)15-18(20)21(24-27)22(28)26-10-5-6-11-26/h3-4,7-8,13,23H,2,5-6,9-12,14-15H2,1H3. The van der Waals surface area contributed by atoms with Crippen LogP contribution in [0.25, 0.3) is 10.9 Å². The topological polar surface area (TPSA) is 57.2 Å². The molecule has 6 nitrogen and oxygen atoms in total. The van der Waals surface area contributed by atoms with Gasteiger partial charge in [0, 0.05) is 74.0 Å². The third-order valence-corrected chi connectivity index (χ3v) is 6.18. The molecule has 0 aliphatic carbocycles. The number of carbonyl (C=O) groups excluding carboxylic acids is 1. The average Bonchev–Trinajstić information content (AvgIpc) is 3.46. The number of para-hydroxylation sites is 1. The minimum Gasteiger partial charge on any atom is -0.361 e. The molecule has 28 heavy (non-hydrogen) atoms. The molecule has 1 saturated heterocycles. The fourth-order valence-corrected chi connectivity index (χ4v) is 4.69. The molecule has 2 aromatic heterocycles. The van der Waals surface area contributed by atoms with Crippen LogP contribution >= 0.6 is 0 Å². The second kappa shape index (κ2) is 7.09. The van der Waals surface area contributed by atoms with Crippen LogP contribution in [-0.4, -0.2) is 50.1 Å². The van der Waals surface area contributed by atoms with Gasteiger partial charge in [-0.15, -0.1) is 0 Å². The number of carbonyl (C=O) groups is 1. The van der Waals surface area contributed by atoms with Crippen LogP contribution in [-0.2, 0) is 26.1 Å². The Morgan fingerprint density at radius 1 is 1.18 bits per heavy atom. The zero-order valence-electron chi connectivity index (χ0n) is 16.4. The van der Waals surface area contributed by atoms with Crippen LogP contribution in [0, 0.1) is 0 Å². The number of hydrogen-bond acceptors (Lipinski definition) is 3. The first kappa shape index (κ1) is 17.5. The highest BCUT2D eigenvalue weighted by molar-refractivity contribution is 5.94. The molecule has 2 aliphatic rings. The van der Waals surface area contributed by atoms with Gasteiger partial charge in [0.05, 0.1) is 0 Å². The lowest BCUT2D eigenvalue weighted by atomic mass is 10.0. The van der Waals surface area contributed by atoms with Crippen LogP contribution in [0.4, 0.5) is 0 Å². The summed E-state index contributed by atoms with van der Waals surface area (Å²) in [5.41, 5.74) is 5.57. The van der Waals surface area contributed by atoms with Crippen molar-refractivity contribution in [3.8, 4) is 0 Å². The van der Waals surface area contributed by atoms with Gasteiger partial charge in [-0.1, -0.05) is 18.2 Å². The smallest absolute Gasteiger partial charge is 0.274 e. The number of nitrogens with zero attached hydrogens (tertiary/aromatic N) is 4. The molecule has 0 radical (unpaired) electrons. The maximum Gasteiger partial charge on any atom is 0.274 e. The first-order valence-corrected chi connectivity index (χ1v) is 10.4. The Hall–Kier alpha value is -2.60. The van der Waals surface area contributed by atoms with E-state index in [-0.39, 0.29) is 5.91 Å². The van der Waals surface area contributed by atoms with Crippen molar-refractivity contribution in [3.63, 3.8) is 0 Å². The molecular weight excluding hydrogens is 350 g/mol. The minimum absolute atomic E-state index is 0.120. The predicted octanol–water partition coefficient (Wildman–Crippen LogP) is 3.18. The van der Waals surface area contributed by atoms with Crippen molar-refractivity contribution in [2.75, 3.05) is 19.6 Å². The van der Waals surface area contributed by atoms with Gasteiger partial charge in [-0.3, -0.25) is 14.4 Å². The molecule has 0 saturated carbocycles. The Kier molecular flexibility index (Phi) is 4.43. The summed E-state index contributed by atoms with van der Waals surface area (Å²) >= 11 is 0. The van der Waals surface area contributed by atoms with E-state index in [1.54, 1.807) is 0 Å². The van der Waals surface area contributed by atoms with Crippen LogP contribution < -0.4 is 0 Å². The summed E-state index contributed by atoms with van der Waals surface area (Å²) in [7, 11) is 0. The van der Waals surface area contributed by atoms with Crippen molar-refractivity contribution in [2.45, 2.75) is 45.8 Å². The number of benzene rings is 1. The largest absolute Gasteiger partial charge is 0.361 e. The molecule has 6 heteroatoms. The quantitative estimate of drug-likeness (QED) is 0.760. The summed E-state index contributed by atoms with van der Waals surface area (Å²) in [6.45, 7) is 7.34. The molecule has 0 spiro atoms. The zero-order valence-corrected chi connectivity index (χ0v) is 16.4. The zero-order chi connectivity index (χ0) is 19.1. The molecule has 5 rings (SSSR count). The molecule has 146 valence electrons. The van der Waals surface area contributed by atoms with E-state index >= 15 is 0 Å². The Bertz CT molecular complexity index is 1010. The number of aromatic amines is 1. The molecule has 0 atom stereocenters. The number of likely N-dealkylation sites (tertiary alicyclic amines) is 1. The summed E-state index contributed by atoms with van der Waals surface area (Å²) in [6, 6.07) is 8.44. The summed E-state index contributed by atoms with van der Waals surface area (Å²) in [5, 5.41) is 6.01. The number of H-pyrrole nitrogens is 1. The molecule has 4 heterocycles. The molecule has 1 amide bonds. The maximum absolute atomic E-state index is 13.1. The molecule has 0 unspecified atom stereocenters. The van der Waals surface area contributed by atoms with Gasteiger partial charge in [0.25, 0.3) is 5.91 Å². The van der Waals surface area contributed by atoms with Crippen LogP contribution in [0.5, 0.6) is 0 Å². The number of amides is 1. The van der Waals surface area contributed by atoms with E-state index in [0.29, 0.717) is 5.69 Å². The van der Waals surface area contributed by atoms with Gasteiger partial charge in [-0.05, 0) is 31.4 Å². The third kappa shape index (κ3) is 2.92. The van der Waals surface area contributed by atoms with Crippen molar-refractivity contribution in [2.24, 2.45) is 0 Å². The SMILES string of the molecule is CCn1nc(C(=O)N2CCCC2)c2c1CCN(Cc1c[nH]c3ccccc13)C2. The third-order valence-electron chi connectivity index (χ3n) is 6.18. The van der Waals surface area contributed by atoms with Gasteiger partial charge < -0.3 is 9.88 Å². The monoisotopic (exact) mass is 377 g/mol. The number of aromatic nitrogens is 3. The Balaban J connectivity index is 1.42. The lowest BCUT2D eigenvalue weighted by molar-refractivity contribution is 0.0783. The van der Waals surface area contributed by atoms with Crippen molar-refractivity contribution in [3.05, 3.63) is 53.0 Å².